The van der Waals surface area contributed by atoms with Crippen molar-refractivity contribution < 1.29 is 62.4 Å². The van der Waals surface area contributed by atoms with Crippen LogP contribution in [0.3, 0.4) is 0 Å². The third kappa shape index (κ3) is 12.3. The molecule has 2 heterocycles. The number of thioether (sulfide) groups is 1. The Balaban J connectivity index is 0.902. The maximum Gasteiger partial charge on any atom is 0.336 e. The quantitative estimate of drug-likeness (QED) is 0.0477. The van der Waals surface area contributed by atoms with E-state index in [1.165, 1.54) is 48.2 Å². The smallest absolute Gasteiger partial charge is 0.336 e. The number of nitrogens with one attached hydrogen (secondary N) is 2. The zero-order chi connectivity index (χ0) is 41.4. The molecule has 5 rings (SSSR count). The van der Waals surface area contributed by atoms with Crippen LogP contribution in [0.5, 0.6) is 5.75 Å². The Labute approximate surface area is 336 Å². The highest BCUT2D eigenvalue weighted by molar-refractivity contribution is 7.99. The van der Waals surface area contributed by atoms with Gasteiger partial charge in [0, 0.05) is 79.1 Å². The standard InChI is InChI=1S/C40H43N3O14S/c44-26-4-7-29-32(22-26)56-33-23-27(45)5-8-30(33)38(29)28-6-3-25(21-31(28)40(51)52)39(50)42-13-2-15-54-17-19-55-18-16-53-14-1-12-41-34(46)24-58-20-11-37(49)57-43-35(47)9-10-36(43)48/h3-8,21-23,44H,1-2,9-20,24H2,(H,41,46)(H,42,50)(H,51,52). The van der Waals surface area contributed by atoms with Crippen molar-refractivity contribution in [1.29, 1.82) is 0 Å². The first-order chi connectivity index (χ1) is 28.0. The zero-order valence-corrected chi connectivity index (χ0v) is 32.3. The van der Waals surface area contributed by atoms with Gasteiger partial charge in [-0.25, -0.2) is 9.59 Å². The molecule has 0 radical (unpaired) electrons. The van der Waals surface area contributed by atoms with E-state index in [4.69, 9.17) is 23.5 Å². The number of imide groups is 1. The lowest BCUT2D eigenvalue weighted by Gasteiger charge is -2.17. The molecule has 0 spiro atoms. The number of ether oxygens (including phenoxy) is 3. The molecule has 17 nitrogen and oxygen atoms in total. The van der Waals surface area contributed by atoms with E-state index in [2.05, 4.69) is 10.6 Å². The maximum absolute atomic E-state index is 12.9. The summed E-state index contributed by atoms with van der Waals surface area (Å²) in [6.07, 6.45) is 1.13. The number of carbonyl (C=O) groups excluding carboxylic acids is 5. The van der Waals surface area contributed by atoms with Crippen LogP contribution in [0.2, 0.25) is 0 Å². The van der Waals surface area contributed by atoms with Gasteiger partial charge in [-0.2, -0.15) is 11.8 Å². The Morgan fingerprint density at radius 2 is 1.43 bits per heavy atom. The molecule has 0 bridgehead atoms. The van der Waals surface area contributed by atoms with Gasteiger partial charge in [-0.15, -0.1) is 5.06 Å². The second-order valence-electron chi connectivity index (χ2n) is 12.9. The number of carboxylic acids is 1. The third-order valence-electron chi connectivity index (χ3n) is 8.62. The molecular weight excluding hydrogens is 779 g/mol. The van der Waals surface area contributed by atoms with Crippen molar-refractivity contribution in [2.45, 2.75) is 32.1 Å². The zero-order valence-electron chi connectivity index (χ0n) is 31.5. The first kappa shape index (κ1) is 43.3. The van der Waals surface area contributed by atoms with Crippen molar-refractivity contribution in [3.63, 3.8) is 0 Å². The third-order valence-corrected chi connectivity index (χ3v) is 9.58. The lowest BCUT2D eigenvalue weighted by Crippen LogP contribution is -2.32. The van der Waals surface area contributed by atoms with Crippen LogP contribution in [0.15, 0.2) is 63.8 Å². The van der Waals surface area contributed by atoms with Crippen LogP contribution in [0.1, 0.15) is 52.8 Å². The van der Waals surface area contributed by atoms with E-state index in [1.54, 1.807) is 18.2 Å². The molecule has 1 fully saturated rings. The maximum atomic E-state index is 12.9. The summed E-state index contributed by atoms with van der Waals surface area (Å²) in [5.41, 5.74) is 1.28. The molecule has 2 aliphatic heterocycles. The predicted molar refractivity (Wildman–Crippen MR) is 209 cm³/mol. The molecule has 0 unspecified atom stereocenters. The minimum atomic E-state index is -1.25. The van der Waals surface area contributed by atoms with Crippen LogP contribution < -0.4 is 16.1 Å². The van der Waals surface area contributed by atoms with E-state index >= 15 is 0 Å². The van der Waals surface area contributed by atoms with Gasteiger partial charge >= 0.3 is 11.9 Å². The highest BCUT2D eigenvalue weighted by Gasteiger charge is 2.32. The summed E-state index contributed by atoms with van der Waals surface area (Å²) in [7, 11) is 0. The minimum absolute atomic E-state index is 0.0291. The highest BCUT2D eigenvalue weighted by atomic mass is 32.2. The van der Waals surface area contributed by atoms with Crippen LogP contribution in [-0.2, 0) is 38.2 Å². The van der Waals surface area contributed by atoms with Crippen LogP contribution in [0, 0.1) is 0 Å². The molecular formula is C40H43N3O14S. The number of phenols is 1. The number of fused-ring (bicyclic) bond motifs is 2. The van der Waals surface area contributed by atoms with E-state index in [0.717, 1.165) is 0 Å². The predicted octanol–water partition coefficient (Wildman–Crippen LogP) is 3.38. The number of hydroxylamine groups is 2. The molecule has 3 aliphatic rings. The van der Waals surface area contributed by atoms with Gasteiger partial charge in [-0.1, -0.05) is 6.07 Å². The van der Waals surface area contributed by atoms with Gasteiger partial charge in [0.1, 0.15) is 17.1 Å². The van der Waals surface area contributed by atoms with Crippen LogP contribution in [-0.4, -0.2) is 115 Å². The number of carboxylic acid groups (broad SMARTS) is 1. The number of hydrogen-bond donors (Lipinski definition) is 4. The average Bonchev–Trinajstić information content (AvgIpc) is 3.51. The lowest BCUT2D eigenvalue weighted by molar-refractivity contribution is -0.197. The Kier molecular flexibility index (Phi) is 16.2. The second-order valence-corrected chi connectivity index (χ2v) is 14.0. The van der Waals surface area contributed by atoms with Crippen molar-refractivity contribution in [3.05, 3.63) is 75.9 Å². The molecule has 58 heavy (non-hydrogen) atoms. The molecule has 0 saturated carbocycles. The average molecular weight is 822 g/mol. The number of aromatic hydroxyl groups is 1. The highest BCUT2D eigenvalue weighted by Crippen LogP contribution is 2.42. The molecule has 0 atom stereocenters. The first-order valence-corrected chi connectivity index (χ1v) is 19.7. The minimum Gasteiger partial charge on any atom is -0.508 e. The number of aromatic carboxylic acids is 1. The van der Waals surface area contributed by atoms with E-state index < -0.39 is 29.7 Å². The number of carbonyl (C=O) groups is 6. The van der Waals surface area contributed by atoms with Gasteiger partial charge in [0.05, 0.1) is 44.2 Å². The topological polar surface area (TPSA) is 237 Å². The Hall–Kier alpha value is -5.82. The fraction of sp³-hybridized carbons (Fsp3) is 0.375. The van der Waals surface area contributed by atoms with Crippen LogP contribution in [0.4, 0.5) is 0 Å². The van der Waals surface area contributed by atoms with Crippen LogP contribution >= 0.6 is 11.8 Å². The Morgan fingerprint density at radius 3 is 2.12 bits per heavy atom. The number of phenolic OH excluding ortho intramolecular Hbond substituents is 1. The molecule has 4 amide bonds. The molecule has 2 aromatic rings. The van der Waals surface area contributed by atoms with Gasteiger partial charge in [0.2, 0.25) is 5.91 Å². The normalized spacial score (nSPS) is 12.7. The van der Waals surface area contributed by atoms with Crippen molar-refractivity contribution >= 4 is 58.3 Å². The Morgan fingerprint density at radius 1 is 0.776 bits per heavy atom. The molecule has 2 aromatic carbocycles. The molecule has 1 aliphatic carbocycles. The molecule has 308 valence electrons. The second kappa shape index (κ2) is 21.6. The molecule has 18 heteroatoms. The molecule has 1 saturated heterocycles. The summed E-state index contributed by atoms with van der Waals surface area (Å²) in [4.78, 5) is 88.9. The summed E-state index contributed by atoms with van der Waals surface area (Å²) >= 11 is 1.23. The summed E-state index contributed by atoms with van der Waals surface area (Å²) in [5, 5.41) is 26.7. The van der Waals surface area contributed by atoms with Crippen molar-refractivity contribution in [2.75, 3.05) is 64.2 Å². The van der Waals surface area contributed by atoms with E-state index in [1.807, 2.05) is 0 Å². The number of amides is 4. The summed E-state index contributed by atoms with van der Waals surface area (Å²) in [5.74, 6) is -3.07. The first-order valence-electron chi connectivity index (χ1n) is 18.5. The van der Waals surface area contributed by atoms with Gasteiger partial charge in [0.25, 0.3) is 17.7 Å². The van der Waals surface area contributed by atoms with Gasteiger partial charge in [-0.3, -0.25) is 24.0 Å². The number of rotatable bonds is 23. The van der Waals surface area contributed by atoms with E-state index in [-0.39, 0.29) is 71.1 Å². The summed E-state index contributed by atoms with van der Waals surface area (Å²) < 4.78 is 22.4. The van der Waals surface area contributed by atoms with Crippen molar-refractivity contribution in [1.82, 2.24) is 15.7 Å². The fourth-order valence-corrected chi connectivity index (χ4v) is 6.57. The van der Waals surface area contributed by atoms with E-state index in [9.17, 15) is 43.8 Å². The largest absolute Gasteiger partial charge is 0.508 e. The van der Waals surface area contributed by atoms with Gasteiger partial charge in [0.15, 0.2) is 5.43 Å². The number of hydrogen-bond acceptors (Lipinski definition) is 14. The fourth-order valence-electron chi connectivity index (χ4n) is 5.83. The SMILES string of the molecule is O=C(CSCCC(=O)ON1C(=O)CCC1=O)NCCCOCCOCCOCCCNC(=O)c1ccc(-c2c3ccc(=O)cc-3oc3cc(O)ccc23)c(C(=O)O)c1. The van der Waals surface area contributed by atoms with Crippen molar-refractivity contribution in [3.8, 4) is 28.2 Å². The molecule has 4 N–H and O–H groups in total. The lowest BCUT2D eigenvalue weighted by atomic mass is 9.90. The van der Waals surface area contributed by atoms with Crippen molar-refractivity contribution in [2.24, 2.45) is 0 Å². The van der Waals surface area contributed by atoms with E-state index in [0.29, 0.717) is 91.9 Å². The monoisotopic (exact) mass is 821 g/mol. The Bertz CT molecular complexity index is 2140. The number of nitrogens with zero attached hydrogens (tertiary/aromatic N) is 1. The number of benzene rings is 3. The summed E-state index contributed by atoms with van der Waals surface area (Å²) in [6.45, 7) is 2.91. The summed E-state index contributed by atoms with van der Waals surface area (Å²) in [6, 6.07) is 13.0. The van der Waals surface area contributed by atoms with Gasteiger partial charge < -0.3 is 44.3 Å². The molecule has 0 aromatic heterocycles. The van der Waals surface area contributed by atoms with Crippen LogP contribution in [0.25, 0.3) is 33.4 Å². The van der Waals surface area contributed by atoms with Gasteiger partial charge in [-0.05, 0) is 54.8 Å².